The van der Waals surface area contributed by atoms with Crippen LogP contribution in [0.4, 0.5) is 0 Å². The summed E-state index contributed by atoms with van der Waals surface area (Å²) in [5.74, 6) is 0.254. The minimum atomic E-state index is 0.0731. The van der Waals surface area contributed by atoms with Gasteiger partial charge in [-0.2, -0.15) is 5.26 Å². The highest BCUT2D eigenvalue weighted by Crippen LogP contribution is 2.07. The van der Waals surface area contributed by atoms with Crippen molar-refractivity contribution in [2.75, 3.05) is 0 Å². The van der Waals surface area contributed by atoms with Crippen molar-refractivity contribution in [3.8, 4) is 6.07 Å². The van der Waals surface area contributed by atoms with Crippen LogP contribution in [-0.4, -0.2) is 10.4 Å². The lowest BCUT2D eigenvalue weighted by Crippen LogP contribution is -2.17. The molecular formula is C11H14N2O. The normalized spacial score (nSPS) is 12.1. The summed E-state index contributed by atoms with van der Waals surface area (Å²) in [6, 6.07) is 5.54. The third kappa shape index (κ3) is 2.23. The first kappa shape index (κ1) is 10.5. The number of aromatic nitrogens is 1. The molecule has 0 bridgehead atoms. The zero-order valence-corrected chi connectivity index (χ0v) is 8.53. The van der Waals surface area contributed by atoms with Gasteiger partial charge in [-0.3, -0.25) is 4.79 Å². The molecule has 0 spiro atoms. The number of carbonyl (C=O) groups is 1. The third-order valence-corrected chi connectivity index (χ3v) is 2.43. The summed E-state index contributed by atoms with van der Waals surface area (Å²) in [5.41, 5.74) is 0.543. The molecule has 0 aliphatic carbocycles. The van der Waals surface area contributed by atoms with Crippen LogP contribution >= 0.6 is 0 Å². The molecule has 1 heterocycles. The highest BCUT2D eigenvalue weighted by molar-refractivity contribution is 5.80. The number of Topliss-reactive ketones (excluding diaryl/α,β-unsaturated/α-hetero) is 1. The van der Waals surface area contributed by atoms with Gasteiger partial charge in [0.05, 0.1) is 6.54 Å². The summed E-state index contributed by atoms with van der Waals surface area (Å²) < 4.78 is 1.69. The zero-order valence-electron chi connectivity index (χ0n) is 8.53. The number of nitrogens with zero attached hydrogens (tertiary/aromatic N) is 2. The van der Waals surface area contributed by atoms with Crippen LogP contribution < -0.4 is 0 Å². The van der Waals surface area contributed by atoms with E-state index >= 15 is 0 Å². The van der Waals surface area contributed by atoms with Gasteiger partial charge in [0.1, 0.15) is 11.8 Å². The molecule has 0 aliphatic rings. The molecule has 1 aromatic heterocycles. The number of rotatable bonds is 4. The summed E-state index contributed by atoms with van der Waals surface area (Å²) in [7, 11) is 0. The first-order valence-electron chi connectivity index (χ1n) is 4.77. The van der Waals surface area contributed by atoms with Crippen LogP contribution in [0.1, 0.15) is 26.0 Å². The van der Waals surface area contributed by atoms with E-state index < -0.39 is 0 Å². The summed E-state index contributed by atoms with van der Waals surface area (Å²) in [4.78, 5) is 11.6. The molecule has 0 N–H and O–H groups in total. The van der Waals surface area contributed by atoms with Gasteiger partial charge in [-0.1, -0.05) is 13.8 Å². The predicted molar refractivity (Wildman–Crippen MR) is 53.6 cm³/mol. The van der Waals surface area contributed by atoms with Crippen LogP contribution in [0, 0.1) is 17.2 Å². The van der Waals surface area contributed by atoms with E-state index in [2.05, 4.69) is 0 Å². The molecule has 0 fully saturated rings. The second kappa shape index (κ2) is 4.61. The van der Waals surface area contributed by atoms with Crippen molar-refractivity contribution in [3.63, 3.8) is 0 Å². The molecule has 0 radical (unpaired) electrons. The Morgan fingerprint density at radius 3 is 3.00 bits per heavy atom. The molecule has 14 heavy (non-hydrogen) atoms. The lowest BCUT2D eigenvalue weighted by Gasteiger charge is -2.08. The molecule has 3 nitrogen and oxygen atoms in total. The second-order valence-electron chi connectivity index (χ2n) is 3.41. The van der Waals surface area contributed by atoms with Crippen molar-refractivity contribution in [1.82, 2.24) is 4.57 Å². The molecule has 0 saturated heterocycles. The summed E-state index contributed by atoms with van der Waals surface area (Å²) >= 11 is 0. The Bertz CT molecular complexity index is 360. The third-order valence-electron chi connectivity index (χ3n) is 2.43. The fourth-order valence-electron chi connectivity index (χ4n) is 1.20. The monoisotopic (exact) mass is 190 g/mol. The van der Waals surface area contributed by atoms with Crippen LogP contribution in [0.2, 0.25) is 0 Å². The Labute approximate surface area is 84.0 Å². The van der Waals surface area contributed by atoms with Crippen LogP contribution in [0.3, 0.4) is 0 Å². The number of hydrogen-bond acceptors (Lipinski definition) is 2. The Kier molecular flexibility index (Phi) is 3.47. The summed E-state index contributed by atoms with van der Waals surface area (Å²) in [6.07, 6.45) is 2.61. The van der Waals surface area contributed by atoms with E-state index in [1.54, 1.807) is 22.9 Å². The van der Waals surface area contributed by atoms with Gasteiger partial charge < -0.3 is 4.57 Å². The van der Waals surface area contributed by atoms with E-state index in [4.69, 9.17) is 5.26 Å². The predicted octanol–water partition coefficient (Wildman–Crippen LogP) is 1.97. The Balaban J connectivity index is 2.70. The van der Waals surface area contributed by atoms with Crippen molar-refractivity contribution < 1.29 is 4.79 Å². The van der Waals surface area contributed by atoms with Gasteiger partial charge in [0.15, 0.2) is 5.78 Å². The van der Waals surface area contributed by atoms with Crippen molar-refractivity contribution >= 4 is 5.78 Å². The van der Waals surface area contributed by atoms with Gasteiger partial charge in [-0.15, -0.1) is 0 Å². The molecule has 0 aliphatic heterocycles. The standard InChI is InChI=1S/C11H14N2O/c1-3-9(2)11(14)8-13-6-4-5-10(13)7-12/h4-6,9H,3,8H2,1-2H3. The van der Waals surface area contributed by atoms with Gasteiger partial charge in [-0.25, -0.2) is 0 Å². The van der Waals surface area contributed by atoms with E-state index in [-0.39, 0.29) is 11.7 Å². The minimum absolute atomic E-state index is 0.0731. The van der Waals surface area contributed by atoms with Crippen molar-refractivity contribution in [2.45, 2.75) is 26.8 Å². The number of carbonyl (C=O) groups excluding carboxylic acids is 1. The van der Waals surface area contributed by atoms with E-state index in [9.17, 15) is 4.79 Å². The van der Waals surface area contributed by atoms with Crippen molar-refractivity contribution in [2.24, 2.45) is 5.92 Å². The molecular weight excluding hydrogens is 176 g/mol. The van der Waals surface area contributed by atoms with E-state index in [1.807, 2.05) is 19.9 Å². The van der Waals surface area contributed by atoms with Crippen molar-refractivity contribution in [1.29, 1.82) is 5.26 Å². The molecule has 0 aromatic carbocycles. The SMILES string of the molecule is CCC(C)C(=O)Cn1cccc1C#N. The van der Waals surface area contributed by atoms with Gasteiger partial charge in [-0.05, 0) is 18.6 Å². The number of nitriles is 1. The highest BCUT2D eigenvalue weighted by Gasteiger charge is 2.12. The van der Waals surface area contributed by atoms with E-state index in [1.165, 1.54) is 0 Å². The van der Waals surface area contributed by atoms with Gasteiger partial charge in [0, 0.05) is 12.1 Å². The second-order valence-corrected chi connectivity index (χ2v) is 3.41. The average Bonchev–Trinajstić information content (AvgIpc) is 2.63. The summed E-state index contributed by atoms with van der Waals surface area (Å²) in [5, 5.41) is 8.73. The average molecular weight is 190 g/mol. The zero-order chi connectivity index (χ0) is 10.6. The highest BCUT2D eigenvalue weighted by atomic mass is 16.1. The maximum atomic E-state index is 11.6. The molecule has 74 valence electrons. The molecule has 1 unspecified atom stereocenters. The smallest absolute Gasteiger partial charge is 0.155 e. The first-order valence-corrected chi connectivity index (χ1v) is 4.77. The van der Waals surface area contributed by atoms with Gasteiger partial charge >= 0.3 is 0 Å². The Hall–Kier alpha value is -1.56. The molecule has 1 atom stereocenters. The molecule has 1 aromatic rings. The maximum Gasteiger partial charge on any atom is 0.155 e. The largest absolute Gasteiger partial charge is 0.332 e. The van der Waals surface area contributed by atoms with Gasteiger partial charge in [0.2, 0.25) is 0 Å². The quantitative estimate of drug-likeness (QED) is 0.728. The van der Waals surface area contributed by atoms with Crippen LogP contribution in [0.5, 0.6) is 0 Å². The molecule has 0 saturated carbocycles. The Morgan fingerprint density at radius 1 is 1.71 bits per heavy atom. The topological polar surface area (TPSA) is 45.8 Å². The fourth-order valence-corrected chi connectivity index (χ4v) is 1.20. The summed E-state index contributed by atoms with van der Waals surface area (Å²) in [6.45, 7) is 4.21. The van der Waals surface area contributed by atoms with Crippen molar-refractivity contribution in [3.05, 3.63) is 24.0 Å². The van der Waals surface area contributed by atoms with Crippen LogP contribution in [0.15, 0.2) is 18.3 Å². The first-order chi connectivity index (χ1) is 6.69. The lowest BCUT2D eigenvalue weighted by molar-refractivity contribution is -0.123. The fraction of sp³-hybridized carbons (Fsp3) is 0.455. The number of ketones is 1. The van der Waals surface area contributed by atoms with Crippen LogP contribution in [0.25, 0.3) is 0 Å². The molecule has 1 rings (SSSR count). The van der Waals surface area contributed by atoms with Crippen LogP contribution in [-0.2, 0) is 11.3 Å². The lowest BCUT2D eigenvalue weighted by atomic mass is 10.0. The maximum absolute atomic E-state index is 11.6. The minimum Gasteiger partial charge on any atom is -0.332 e. The van der Waals surface area contributed by atoms with Gasteiger partial charge in [0.25, 0.3) is 0 Å². The van der Waals surface area contributed by atoms with E-state index in [0.29, 0.717) is 12.2 Å². The Morgan fingerprint density at radius 2 is 2.43 bits per heavy atom. The molecule has 0 amide bonds. The van der Waals surface area contributed by atoms with E-state index in [0.717, 1.165) is 6.42 Å². The molecule has 3 heteroatoms. The number of hydrogen-bond donors (Lipinski definition) is 0.